The topological polar surface area (TPSA) is 109 Å². The van der Waals surface area contributed by atoms with Crippen molar-refractivity contribution in [1.82, 2.24) is 4.98 Å². The molecule has 6 rings (SSSR count). The van der Waals surface area contributed by atoms with Crippen LogP contribution in [0.4, 0.5) is 11.4 Å². The Hall–Kier alpha value is -3.86. The Bertz CT molecular complexity index is 1640. The van der Waals surface area contributed by atoms with E-state index in [9.17, 15) is 19.2 Å². The number of nitrogens with one attached hydrogen (secondary N) is 2. The number of ether oxygens (including phenoxy) is 1. The Morgan fingerprint density at radius 1 is 0.974 bits per heavy atom. The van der Waals surface area contributed by atoms with Crippen LogP contribution in [0.1, 0.15) is 16.4 Å². The van der Waals surface area contributed by atoms with Crippen molar-refractivity contribution in [2.45, 2.75) is 16.2 Å². The number of para-hydroxylation sites is 2. The third kappa shape index (κ3) is 4.75. The van der Waals surface area contributed by atoms with Crippen LogP contribution in [-0.4, -0.2) is 34.6 Å². The minimum Gasteiger partial charge on any atom is -0.483 e. The number of aromatic nitrogens is 1. The van der Waals surface area contributed by atoms with Crippen LogP contribution in [0.3, 0.4) is 0 Å². The van der Waals surface area contributed by atoms with Crippen molar-refractivity contribution in [3.05, 3.63) is 104 Å². The van der Waals surface area contributed by atoms with Crippen LogP contribution in [0, 0.1) is 5.92 Å². The first-order chi connectivity index (χ1) is 18.9. The normalized spacial score (nSPS) is 19.9. The molecule has 0 bridgehead atoms. The highest BCUT2D eigenvalue weighted by Crippen LogP contribution is 2.54. The zero-order valence-corrected chi connectivity index (χ0v) is 22.5. The number of hydrogen-bond acceptors (Lipinski definition) is 7. The number of benzene rings is 3. The predicted molar refractivity (Wildman–Crippen MR) is 151 cm³/mol. The van der Waals surface area contributed by atoms with Gasteiger partial charge >= 0.3 is 4.87 Å². The van der Waals surface area contributed by atoms with E-state index in [0.717, 1.165) is 11.3 Å². The highest BCUT2D eigenvalue weighted by molar-refractivity contribution is 8.00. The van der Waals surface area contributed by atoms with Crippen molar-refractivity contribution in [2.75, 3.05) is 16.8 Å². The Balaban J connectivity index is 1.38. The summed E-state index contributed by atoms with van der Waals surface area (Å²) in [6.45, 7) is -0.293. The molecule has 2 aliphatic heterocycles. The number of halogens is 1. The fraction of sp³-hybridized carbons (Fsp3) is 0.143. The molecule has 0 saturated carbocycles. The summed E-state index contributed by atoms with van der Waals surface area (Å²) in [5.41, 5.74) is 1.64. The van der Waals surface area contributed by atoms with Gasteiger partial charge in [-0.15, -0.1) is 0 Å². The number of hydrogen-bond donors (Lipinski definition) is 2. The van der Waals surface area contributed by atoms with Gasteiger partial charge in [-0.25, -0.2) is 4.90 Å². The number of fused-ring (bicyclic) bond motifs is 2. The largest absolute Gasteiger partial charge is 0.483 e. The van der Waals surface area contributed by atoms with Gasteiger partial charge in [0.05, 0.1) is 16.6 Å². The summed E-state index contributed by atoms with van der Waals surface area (Å²) in [6, 6.07) is 22.7. The first-order valence-corrected chi connectivity index (χ1v) is 14.1. The van der Waals surface area contributed by atoms with Gasteiger partial charge in [0.15, 0.2) is 6.61 Å². The van der Waals surface area contributed by atoms with Gasteiger partial charge in [0.2, 0.25) is 11.8 Å². The van der Waals surface area contributed by atoms with Gasteiger partial charge < -0.3 is 15.0 Å². The number of amides is 3. The minimum atomic E-state index is -0.805. The zero-order valence-electron chi connectivity index (χ0n) is 20.1. The number of nitrogens with zero attached hydrogens (tertiary/aromatic N) is 1. The second-order valence-corrected chi connectivity index (χ2v) is 11.6. The van der Waals surface area contributed by atoms with Crippen molar-refractivity contribution in [2.24, 2.45) is 5.92 Å². The molecule has 2 N–H and O–H groups in total. The fourth-order valence-electron chi connectivity index (χ4n) is 4.94. The minimum absolute atomic E-state index is 0.288. The van der Waals surface area contributed by atoms with Gasteiger partial charge in [-0.2, -0.15) is 0 Å². The third-order valence-corrected chi connectivity index (χ3v) is 9.20. The summed E-state index contributed by atoms with van der Waals surface area (Å²) in [4.78, 5) is 56.8. The van der Waals surface area contributed by atoms with E-state index in [1.54, 1.807) is 54.6 Å². The summed E-state index contributed by atoms with van der Waals surface area (Å²) < 4.78 is 5.95. The second kappa shape index (κ2) is 10.4. The maximum Gasteiger partial charge on any atom is 0.305 e. The smallest absolute Gasteiger partial charge is 0.305 e. The summed E-state index contributed by atoms with van der Waals surface area (Å²) in [6.07, 6.45) is 0. The van der Waals surface area contributed by atoms with Crippen molar-refractivity contribution < 1.29 is 19.1 Å². The fourth-order valence-corrected chi connectivity index (χ4v) is 7.63. The molecule has 39 heavy (non-hydrogen) atoms. The Labute approximate surface area is 236 Å². The SMILES string of the molecule is O=C(COc1ccc(Cl)cc1[C@@H]1c2sc(=O)[nH]c2S[C@H]2C(=O)N(c3ccccc3)C(=O)[C@@H]12)Nc1ccccc1. The van der Waals surface area contributed by atoms with Crippen LogP contribution in [0.5, 0.6) is 5.75 Å². The number of carbonyl (C=O) groups excluding carboxylic acids is 3. The molecule has 0 aliphatic carbocycles. The number of H-pyrrole nitrogens is 1. The van der Waals surface area contributed by atoms with Gasteiger partial charge in [-0.3, -0.25) is 19.2 Å². The van der Waals surface area contributed by atoms with E-state index in [1.165, 1.54) is 16.7 Å². The molecule has 1 aromatic heterocycles. The van der Waals surface area contributed by atoms with E-state index in [4.69, 9.17) is 16.3 Å². The average Bonchev–Trinajstić information content (AvgIpc) is 3.43. The maximum atomic E-state index is 13.9. The molecule has 2 aliphatic rings. The molecule has 1 fully saturated rings. The zero-order chi connectivity index (χ0) is 27.1. The van der Waals surface area contributed by atoms with Crippen molar-refractivity contribution in [1.29, 1.82) is 0 Å². The van der Waals surface area contributed by atoms with E-state index < -0.39 is 17.1 Å². The van der Waals surface area contributed by atoms with Crippen LogP contribution >= 0.6 is 34.7 Å². The number of anilines is 2. The number of thioether (sulfide) groups is 1. The molecule has 0 unspecified atom stereocenters. The standard InChI is InChI=1S/C28H20ClN3O5S2/c29-15-11-12-19(37-14-20(33)30-16-7-3-1-4-8-16)18(13-15)21-22-24(38-25-23(21)39-28(36)31-25)27(35)32(26(22)34)17-9-5-2-6-10-17/h1-13,21-22,24H,14H2,(H,30,33)(H,31,36)/t21-,22-,24+/m0/s1. The Morgan fingerprint density at radius 3 is 2.44 bits per heavy atom. The molecule has 3 heterocycles. The predicted octanol–water partition coefficient (Wildman–Crippen LogP) is 4.90. The summed E-state index contributed by atoms with van der Waals surface area (Å²) in [7, 11) is 0. The van der Waals surface area contributed by atoms with Gasteiger partial charge in [0.1, 0.15) is 11.0 Å². The quantitative estimate of drug-likeness (QED) is 0.316. The molecule has 196 valence electrons. The molecule has 8 nitrogen and oxygen atoms in total. The lowest BCUT2D eigenvalue weighted by atomic mass is 9.82. The monoisotopic (exact) mass is 577 g/mol. The molecule has 3 amide bonds. The van der Waals surface area contributed by atoms with E-state index in [0.29, 0.717) is 37.6 Å². The van der Waals surface area contributed by atoms with Gasteiger partial charge in [0.25, 0.3) is 5.91 Å². The summed E-state index contributed by atoms with van der Waals surface area (Å²) in [5, 5.41) is 2.95. The lowest BCUT2D eigenvalue weighted by Crippen LogP contribution is -2.32. The second-order valence-electron chi connectivity index (χ2n) is 8.98. The molecule has 3 aromatic carbocycles. The number of thiazole rings is 1. The van der Waals surface area contributed by atoms with Crippen molar-refractivity contribution in [3.63, 3.8) is 0 Å². The molecule has 0 radical (unpaired) electrons. The van der Waals surface area contributed by atoms with Crippen LogP contribution in [-0.2, 0) is 14.4 Å². The molecule has 11 heteroatoms. The van der Waals surface area contributed by atoms with Gasteiger partial charge in [-0.05, 0) is 42.5 Å². The number of imide groups is 1. The molecule has 3 atom stereocenters. The van der Waals surface area contributed by atoms with Gasteiger partial charge in [0, 0.05) is 27.1 Å². The summed E-state index contributed by atoms with van der Waals surface area (Å²) in [5.74, 6) is -2.24. The lowest BCUT2D eigenvalue weighted by Gasteiger charge is -2.31. The summed E-state index contributed by atoms with van der Waals surface area (Å²) >= 11 is 8.59. The van der Waals surface area contributed by atoms with Gasteiger partial charge in [-0.1, -0.05) is 71.1 Å². The van der Waals surface area contributed by atoms with Crippen molar-refractivity contribution in [3.8, 4) is 5.75 Å². The average molecular weight is 578 g/mol. The Kier molecular flexibility index (Phi) is 6.76. The highest BCUT2D eigenvalue weighted by atomic mass is 35.5. The maximum absolute atomic E-state index is 13.9. The number of rotatable bonds is 6. The molecule has 4 aromatic rings. The number of carbonyl (C=O) groups is 3. The van der Waals surface area contributed by atoms with Crippen LogP contribution in [0.25, 0.3) is 0 Å². The van der Waals surface area contributed by atoms with E-state index >= 15 is 0 Å². The molecule has 0 spiro atoms. The molecule has 1 saturated heterocycles. The van der Waals surface area contributed by atoms with Crippen LogP contribution in [0.15, 0.2) is 88.7 Å². The van der Waals surface area contributed by atoms with Crippen LogP contribution in [0.2, 0.25) is 5.02 Å². The Morgan fingerprint density at radius 2 is 1.69 bits per heavy atom. The lowest BCUT2D eigenvalue weighted by molar-refractivity contribution is -0.122. The highest BCUT2D eigenvalue weighted by Gasteiger charge is 2.56. The van der Waals surface area contributed by atoms with E-state index in [2.05, 4.69) is 10.3 Å². The molecular formula is C28H20ClN3O5S2. The first kappa shape index (κ1) is 25.4. The first-order valence-electron chi connectivity index (χ1n) is 12.0. The van der Waals surface area contributed by atoms with E-state index in [1.807, 2.05) is 24.3 Å². The van der Waals surface area contributed by atoms with Crippen LogP contribution < -0.4 is 19.8 Å². The van der Waals surface area contributed by atoms with Crippen molar-refractivity contribution >= 4 is 63.8 Å². The third-order valence-electron chi connectivity index (χ3n) is 6.56. The van der Waals surface area contributed by atoms with E-state index in [-0.39, 0.29) is 29.2 Å². The number of aromatic amines is 1. The molecular weight excluding hydrogens is 558 g/mol.